The quantitative estimate of drug-likeness (QED) is 0.352. The molecule has 0 aliphatic carbocycles. The highest BCUT2D eigenvalue weighted by Crippen LogP contribution is 2.34. The first-order valence-electron chi connectivity index (χ1n) is 7.55. The zero-order valence-corrected chi connectivity index (χ0v) is 14.7. The van der Waals surface area contributed by atoms with Crippen molar-refractivity contribution in [2.45, 2.75) is 20.0 Å². The first kappa shape index (κ1) is 19.7. The molecule has 140 valence electrons. The highest BCUT2D eigenvalue weighted by Gasteiger charge is 2.30. The second-order valence-corrected chi connectivity index (χ2v) is 5.87. The van der Waals surface area contributed by atoms with Crippen molar-refractivity contribution in [3.8, 4) is 0 Å². The molecule has 0 fully saturated rings. The number of carbonyl (C=O) groups excluding carboxylic acids is 2. The maximum absolute atomic E-state index is 12.8. The van der Waals surface area contributed by atoms with Gasteiger partial charge in [-0.05, 0) is 32.0 Å². The lowest BCUT2D eigenvalue weighted by Gasteiger charge is -2.06. The fourth-order valence-corrected chi connectivity index (χ4v) is 2.79. The topological polar surface area (TPSA) is 77.5 Å². The zero-order valence-electron chi connectivity index (χ0n) is 13.8. The highest BCUT2D eigenvalue weighted by molar-refractivity contribution is 7.22. The third-order valence-corrected chi connectivity index (χ3v) is 4.00. The Kier molecular flexibility index (Phi) is 6.19. The van der Waals surface area contributed by atoms with E-state index in [2.05, 4.69) is 10.3 Å². The summed E-state index contributed by atoms with van der Waals surface area (Å²) in [5, 5.41) is 2.85. The van der Waals surface area contributed by atoms with E-state index >= 15 is 0 Å². The van der Waals surface area contributed by atoms with Crippen molar-refractivity contribution in [1.29, 1.82) is 0 Å². The third kappa shape index (κ3) is 4.72. The number of hydrogen-bond acceptors (Lipinski definition) is 7. The van der Waals surface area contributed by atoms with Crippen molar-refractivity contribution in [2.24, 2.45) is 0 Å². The van der Waals surface area contributed by atoms with Crippen LogP contribution in [0.5, 0.6) is 0 Å². The van der Waals surface area contributed by atoms with Crippen molar-refractivity contribution >= 4 is 38.6 Å². The minimum atomic E-state index is -4.45. The minimum Gasteiger partial charge on any atom is -0.462 e. The number of anilines is 1. The van der Waals surface area contributed by atoms with Gasteiger partial charge in [-0.15, -0.1) is 0 Å². The van der Waals surface area contributed by atoms with E-state index in [9.17, 15) is 22.8 Å². The Morgan fingerprint density at radius 3 is 2.35 bits per heavy atom. The second-order valence-electron chi connectivity index (χ2n) is 4.84. The number of aromatic nitrogens is 1. The lowest BCUT2D eigenvalue weighted by atomic mass is 10.2. The number of esters is 2. The van der Waals surface area contributed by atoms with E-state index in [1.807, 2.05) is 0 Å². The van der Waals surface area contributed by atoms with E-state index < -0.39 is 23.7 Å². The van der Waals surface area contributed by atoms with Gasteiger partial charge >= 0.3 is 18.1 Å². The van der Waals surface area contributed by atoms with Crippen LogP contribution in [0.3, 0.4) is 0 Å². The van der Waals surface area contributed by atoms with E-state index in [1.165, 1.54) is 6.07 Å². The molecule has 1 heterocycles. The average molecular weight is 388 g/mol. The van der Waals surface area contributed by atoms with Crippen LogP contribution in [-0.4, -0.2) is 30.1 Å². The predicted molar refractivity (Wildman–Crippen MR) is 89.6 cm³/mol. The SMILES string of the molecule is CCOC(=O)C(=CNc1nc2ccc(C(F)(F)F)cc2s1)C(=O)OCC. The molecule has 0 aliphatic rings. The molecular weight excluding hydrogens is 373 g/mol. The lowest BCUT2D eigenvalue weighted by molar-refractivity contribution is -0.146. The van der Waals surface area contributed by atoms with Gasteiger partial charge in [-0.25, -0.2) is 14.6 Å². The molecule has 0 amide bonds. The first-order chi connectivity index (χ1) is 12.3. The summed E-state index contributed by atoms with van der Waals surface area (Å²) in [7, 11) is 0. The number of halogens is 3. The summed E-state index contributed by atoms with van der Waals surface area (Å²) in [6.07, 6.45) is -3.38. The van der Waals surface area contributed by atoms with Gasteiger partial charge in [0.2, 0.25) is 0 Å². The van der Waals surface area contributed by atoms with Gasteiger partial charge in [0, 0.05) is 6.20 Å². The monoisotopic (exact) mass is 388 g/mol. The Bertz CT molecular complexity index is 826. The molecule has 1 aromatic heterocycles. The fourth-order valence-electron chi connectivity index (χ4n) is 1.92. The van der Waals surface area contributed by atoms with Crippen molar-refractivity contribution in [1.82, 2.24) is 4.98 Å². The van der Waals surface area contributed by atoms with E-state index in [0.29, 0.717) is 10.2 Å². The molecule has 0 aliphatic heterocycles. The normalized spacial score (nSPS) is 11.1. The van der Waals surface area contributed by atoms with Gasteiger partial charge in [0.15, 0.2) is 10.7 Å². The minimum absolute atomic E-state index is 0.0664. The molecule has 0 atom stereocenters. The van der Waals surface area contributed by atoms with Crippen LogP contribution in [0.1, 0.15) is 19.4 Å². The Morgan fingerprint density at radius 1 is 1.19 bits per heavy atom. The van der Waals surface area contributed by atoms with Gasteiger partial charge in [-0.1, -0.05) is 11.3 Å². The van der Waals surface area contributed by atoms with Crippen molar-refractivity contribution in [2.75, 3.05) is 18.5 Å². The molecule has 1 N–H and O–H groups in total. The molecule has 26 heavy (non-hydrogen) atoms. The summed E-state index contributed by atoms with van der Waals surface area (Å²) in [5.74, 6) is -1.75. The molecule has 2 aromatic rings. The number of carbonyl (C=O) groups is 2. The predicted octanol–water partition coefficient (Wildman–Crippen LogP) is 3.74. The summed E-state index contributed by atoms with van der Waals surface area (Å²) in [6, 6.07) is 3.17. The summed E-state index contributed by atoms with van der Waals surface area (Å²) in [4.78, 5) is 27.8. The standard InChI is InChI=1S/C16H15F3N2O4S/c1-3-24-13(22)10(14(23)25-4-2)8-20-15-21-11-6-5-9(16(17,18)19)7-12(11)26-15/h5-8H,3-4H2,1-2H3,(H,20,21). The number of fused-ring (bicyclic) bond motifs is 1. The molecule has 6 nitrogen and oxygen atoms in total. The van der Waals surface area contributed by atoms with Crippen molar-refractivity contribution < 1.29 is 32.2 Å². The smallest absolute Gasteiger partial charge is 0.416 e. The van der Waals surface area contributed by atoms with Crippen LogP contribution >= 0.6 is 11.3 Å². The molecular formula is C16H15F3N2O4S. The summed E-state index contributed by atoms with van der Waals surface area (Å²) >= 11 is 0.949. The van der Waals surface area contributed by atoms with Crippen molar-refractivity contribution in [3.05, 3.63) is 35.5 Å². The van der Waals surface area contributed by atoms with Gasteiger partial charge in [-0.3, -0.25) is 0 Å². The molecule has 1 aromatic carbocycles. The molecule has 10 heteroatoms. The van der Waals surface area contributed by atoms with Gasteiger partial charge in [-0.2, -0.15) is 13.2 Å². The van der Waals surface area contributed by atoms with E-state index in [4.69, 9.17) is 9.47 Å². The van der Waals surface area contributed by atoms with Crippen LogP contribution in [0, 0.1) is 0 Å². The van der Waals surface area contributed by atoms with Gasteiger partial charge in [0.25, 0.3) is 0 Å². The molecule has 0 radical (unpaired) electrons. The number of thiazole rings is 1. The van der Waals surface area contributed by atoms with Crippen LogP contribution in [0.15, 0.2) is 30.0 Å². The molecule has 0 saturated heterocycles. The number of ether oxygens (including phenoxy) is 2. The second kappa shape index (κ2) is 8.17. The number of alkyl halides is 3. The molecule has 0 spiro atoms. The van der Waals surface area contributed by atoms with Gasteiger partial charge in [0.05, 0.1) is 29.0 Å². The maximum Gasteiger partial charge on any atom is 0.416 e. The number of benzene rings is 1. The van der Waals surface area contributed by atoms with Crippen molar-refractivity contribution in [3.63, 3.8) is 0 Å². The molecule has 0 bridgehead atoms. The van der Waals surface area contributed by atoms with E-state index in [1.54, 1.807) is 13.8 Å². The van der Waals surface area contributed by atoms with Crippen LogP contribution in [-0.2, 0) is 25.2 Å². The van der Waals surface area contributed by atoms with E-state index in [-0.39, 0.29) is 23.9 Å². The molecule has 2 rings (SSSR count). The largest absolute Gasteiger partial charge is 0.462 e. The van der Waals surface area contributed by atoms with Crippen LogP contribution in [0.25, 0.3) is 10.2 Å². The Labute approximate surface area is 150 Å². The van der Waals surface area contributed by atoms with Crippen LogP contribution < -0.4 is 5.32 Å². The Balaban J connectivity index is 2.28. The first-order valence-corrected chi connectivity index (χ1v) is 8.36. The average Bonchev–Trinajstić information content (AvgIpc) is 2.96. The van der Waals surface area contributed by atoms with Crippen LogP contribution in [0.2, 0.25) is 0 Å². The van der Waals surface area contributed by atoms with Gasteiger partial charge < -0.3 is 14.8 Å². The van der Waals surface area contributed by atoms with E-state index in [0.717, 1.165) is 29.7 Å². The molecule has 0 unspecified atom stereocenters. The molecule has 0 saturated carbocycles. The van der Waals surface area contributed by atoms with Gasteiger partial charge in [0.1, 0.15) is 0 Å². The highest BCUT2D eigenvalue weighted by atomic mass is 32.1. The Morgan fingerprint density at radius 2 is 1.81 bits per heavy atom. The lowest BCUT2D eigenvalue weighted by Crippen LogP contribution is -2.19. The number of rotatable bonds is 6. The Hall–Kier alpha value is -2.62. The number of nitrogens with zero attached hydrogens (tertiary/aromatic N) is 1. The number of nitrogens with one attached hydrogen (secondary N) is 1. The number of hydrogen-bond donors (Lipinski definition) is 1. The summed E-state index contributed by atoms with van der Waals surface area (Å²) in [6.45, 7) is 3.30. The zero-order chi connectivity index (χ0) is 19.3. The fraction of sp³-hybridized carbons (Fsp3) is 0.312. The maximum atomic E-state index is 12.8. The summed E-state index contributed by atoms with van der Waals surface area (Å²) < 4.78 is 48.1. The third-order valence-electron chi connectivity index (χ3n) is 3.05. The van der Waals surface area contributed by atoms with Crippen LogP contribution in [0.4, 0.5) is 18.3 Å². The summed E-state index contributed by atoms with van der Waals surface area (Å²) in [5.41, 5.74) is -0.800.